The number of halogens is 2. The monoisotopic (exact) mass is 564 g/mol. The first-order chi connectivity index (χ1) is 19.4. The lowest BCUT2D eigenvalue weighted by Gasteiger charge is -2.20. The number of fused-ring (bicyclic) bond motifs is 1. The molecule has 216 valence electrons. The van der Waals surface area contributed by atoms with Crippen LogP contribution < -0.4 is 10.2 Å². The number of amides is 2. The first kappa shape index (κ1) is 28.4. The predicted octanol–water partition coefficient (Wildman–Crippen LogP) is 5.03. The van der Waals surface area contributed by atoms with Gasteiger partial charge in [-0.2, -0.15) is 19.7 Å². The molecule has 0 unspecified atom stereocenters. The summed E-state index contributed by atoms with van der Waals surface area (Å²) in [6.07, 6.45) is 2.92. The number of benzene rings is 1. The van der Waals surface area contributed by atoms with Crippen molar-refractivity contribution in [2.75, 3.05) is 13.2 Å². The number of nitrogens with one attached hydrogen (secondary N) is 1. The van der Waals surface area contributed by atoms with Crippen molar-refractivity contribution >= 4 is 28.8 Å². The number of unbranched alkanes of at least 4 members (excludes halogenated alkanes) is 1. The number of rotatable bonds is 9. The second kappa shape index (κ2) is 10.4. The van der Waals surface area contributed by atoms with Crippen molar-refractivity contribution < 1.29 is 23.1 Å². The molecule has 1 N–H and O–H groups in total. The van der Waals surface area contributed by atoms with Crippen molar-refractivity contribution in [3.05, 3.63) is 65.0 Å². The molecule has 11 heteroatoms. The van der Waals surface area contributed by atoms with Crippen LogP contribution >= 0.6 is 0 Å². The van der Waals surface area contributed by atoms with Crippen LogP contribution in [0.3, 0.4) is 0 Å². The maximum atomic E-state index is 14.9. The SMILES string of the molecule is CC(C)c1nn2ccccc2c1C1=NN(CCCCOc2ccc(C3=NNC(=O)C3(C)C)c(F)c2F)C(=O)C1(C)C. The summed E-state index contributed by atoms with van der Waals surface area (Å²) in [7, 11) is 0. The fourth-order valence-electron chi connectivity index (χ4n) is 5.16. The van der Waals surface area contributed by atoms with Crippen LogP contribution in [0.15, 0.2) is 46.7 Å². The molecular weight excluding hydrogens is 530 g/mol. The second-order valence-electron chi connectivity index (χ2n) is 11.8. The van der Waals surface area contributed by atoms with Gasteiger partial charge in [-0.15, -0.1) is 0 Å². The zero-order chi connectivity index (χ0) is 29.7. The van der Waals surface area contributed by atoms with Crippen LogP contribution in [0.4, 0.5) is 8.78 Å². The lowest BCUT2D eigenvalue weighted by molar-refractivity contribution is -0.135. The molecule has 4 heterocycles. The van der Waals surface area contributed by atoms with E-state index in [1.165, 1.54) is 17.1 Å². The van der Waals surface area contributed by atoms with Crippen molar-refractivity contribution in [1.82, 2.24) is 20.0 Å². The van der Waals surface area contributed by atoms with E-state index in [4.69, 9.17) is 14.9 Å². The number of hydrogen-bond acceptors (Lipinski definition) is 6. The standard InChI is InChI=1S/C30H34F2N6O3/c1-17(2)24-21(19-11-7-8-14-37(19)35-24)26-30(5,6)28(40)38(36-26)15-9-10-16-41-20-13-12-18(22(31)23(20)32)25-29(3,4)27(39)34-33-25/h7-8,11-14,17H,9-10,15-16H2,1-6H3,(H,34,39). The van der Waals surface area contributed by atoms with Gasteiger partial charge in [-0.25, -0.2) is 19.3 Å². The van der Waals surface area contributed by atoms with E-state index < -0.39 is 22.5 Å². The lowest BCUT2D eigenvalue weighted by atomic mass is 9.82. The van der Waals surface area contributed by atoms with Crippen LogP contribution in [0.2, 0.25) is 0 Å². The average Bonchev–Trinajstić information content (AvgIpc) is 3.51. The molecule has 0 spiro atoms. The third kappa shape index (κ3) is 4.76. The zero-order valence-corrected chi connectivity index (χ0v) is 24.1. The Morgan fingerprint density at radius 2 is 1.73 bits per heavy atom. The second-order valence-corrected chi connectivity index (χ2v) is 11.8. The van der Waals surface area contributed by atoms with Crippen molar-refractivity contribution in [3.63, 3.8) is 0 Å². The van der Waals surface area contributed by atoms with Gasteiger partial charge in [0.1, 0.15) is 0 Å². The van der Waals surface area contributed by atoms with Crippen molar-refractivity contribution in [2.45, 2.75) is 60.3 Å². The van der Waals surface area contributed by atoms with E-state index in [9.17, 15) is 18.4 Å². The van der Waals surface area contributed by atoms with Gasteiger partial charge in [-0.1, -0.05) is 19.9 Å². The molecule has 41 heavy (non-hydrogen) atoms. The van der Waals surface area contributed by atoms with E-state index in [2.05, 4.69) is 24.4 Å². The summed E-state index contributed by atoms with van der Waals surface area (Å²) < 4.78 is 37.0. The summed E-state index contributed by atoms with van der Waals surface area (Å²) in [5.41, 5.74) is 3.80. The maximum absolute atomic E-state index is 14.9. The summed E-state index contributed by atoms with van der Waals surface area (Å²) in [6.45, 7) is 11.5. The number of aromatic nitrogens is 2. The van der Waals surface area contributed by atoms with Crippen molar-refractivity contribution in [1.29, 1.82) is 0 Å². The van der Waals surface area contributed by atoms with Crippen LogP contribution in [-0.4, -0.2) is 51.0 Å². The van der Waals surface area contributed by atoms with Gasteiger partial charge in [0.05, 0.1) is 40.1 Å². The number of ether oxygens (including phenoxy) is 1. The Kier molecular flexibility index (Phi) is 7.17. The highest BCUT2D eigenvalue weighted by Gasteiger charge is 2.46. The molecule has 0 atom stereocenters. The molecule has 0 bridgehead atoms. The highest BCUT2D eigenvalue weighted by Crippen LogP contribution is 2.37. The van der Waals surface area contributed by atoms with Gasteiger partial charge in [0.2, 0.25) is 5.82 Å². The fourth-order valence-corrected chi connectivity index (χ4v) is 5.16. The Morgan fingerprint density at radius 1 is 0.976 bits per heavy atom. The molecule has 1 aromatic carbocycles. The molecule has 2 aromatic heterocycles. The third-order valence-corrected chi connectivity index (χ3v) is 7.69. The van der Waals surface area contributed by atoms with Gasteiger partial charge in [0.15, 0.2) is 11.6 Å². The summed E-state index contributed by atoms with van der Waals surface area (Å²) in [5, 5.41) is 14.9. The van der Waals surface area contributed by atoms with Gasteiger partial charge in [-0.05, 0) is 70.7 Å². The minimum absolute atomic E-state index is 0.0890. The van der Waals surface area contributed by atoms with Crippen LogP contribution in [0.25, 0.3) is 5.52 Å². The van der Waals surface area contributed by atoms with Gasteiger partial charge >= 0.3 is 0 Å². The lowest BCUT2D eigenvalue weighted by Crippen LogP contribution is -2.35. The Bertz CT molecular complexity index is 1600. The molecule has 2 amide bonds. The average molecular weight is 565 g/mol. The summed E-state index contributed by atoms with van der Waals surface area (Å²) >= 11 is 0. The Balaban J connectivity index is 1.24. The molecule has 0 fully saturated rings. The first-order valence-electron chi connectivity index (χ1n) is 13.7. The van der Waals surface area contributed by atoms with Crippen LogP contribution in [0.5, 0.6) is 5.75 Å². The molecule has 0 aliphatic carbocycles. The minimum atomic E-state index is -1.14. The highest BCUT2D eigenvalue weighted by atomic mass is 19.2. The van der Waals surface area contributed by atoms with E-state index >= 15 is 0 Å². The first-order valence-corrected chi connectivity index (χ1v) is 13.7. The Hall–Kier alpha value is -4.15. The topological polar surface area (TPSA) is 101 Å². The molecular formula is C30H34F2N6O3. The molecule has 0 saturated carbocycles. The smallest absolute Gasteiger partial charge is 0.254 e. The molecule has 2 aliphatic heterocycles. The number of carbonyl (C=O) groups is 2. The van der Waals surface area contributed by atoms with Crippen LogP contribution in [0.1, 0.15) is 77.1 Å². The molecule has 5 rings (SSSR count). The molecule has 0 radical (unpaired) electrons. The highest BCUT2D eigenvalue weighted by molar-refractivity contribution is 6.22. The molecule has 9 nitrogen and oxygen atoms in total. The number of hydrogen-bond donors (Lipinski definition) is 1. The van der Waals surface area contributed by atoms with E-state index in [1.54, 1.807) is 13.8 Å². The van der Waals surface area contributed by atoms with Crippen LogP contribution in [0, 0.1) is 22.5 Å². The summed E-state index contributed by atoms with van der Waals surface area (Å²) in [6, 6.07) is 8.53. The van der Waals surface area contributed by atoms with Crippen molar-refractivity contribution in [2.24, 2.45) is 21.0 Å². The van der Waals surface area contributed by atoms with Gasteiger partial charge < -0.3 is 4.74 Å². The minimum Gasteiger partial charge on any atom is -0.490 e. The van der Waals surface area contributed by atoms with Gasteiger partial charge in [0.25, 0.3) is 11.8 Å². The van der Waals surface area contributed by atoms with E-state index in [0.29, 0.717) is 25.1 Å². The normalized spacial score (nSPS) is 17.8. The van der Waals surface area contributed by atoms with Crippen molar-refractivity contribution in [3.8, 4) is 5.75 Å². The quantitative estimate of drug-likeness (QED) is 0.369. The molecule has 3 aromatic rings. The van der Waals surface area contributed by atoms with Crippen LogP contribution in [-0.2, 0) is 9.59 Å². The number of hydrazone groups is 2. The maximum Gasteiger partial charge on any atom is 0.254 e. The van der Waals surface area contributed by atoms with E-state index in [-0.39, 0.29) is 41.4 Å². The third-order valence-electron chi connectivity index (χ3n) is 7.69. The summed E-state index contributed by atoms with van der Waals surface area (Å²) in [5.74, 6) is -2.84. The fraction of sp³-hybridized carbons (Fsp3) is 0.433. The predicted molar refractivity (Wildman–Crippen MR) is 151 cm³/mol. The molecule has 0 saturated heterocycles. The zero-order valence-electron chi connectivity index (χ0n) is 24.1. The number of carbonyl (C=O) groups excluding carboxylic acids is 2. The van der Waals surface area contributed by atoms with Gasteiger partial charge in [0, 0.05) is 23.9 Å². The number of nitrogens with zero attached hydrogens (tertiary/aromatic N) is 5. The summed E-state index contributed by atoms with van der Waals surface area (Å²) in [4.78, 5) is 25.3. The number of pyridine rings is 1. The van der Waals surface area contributed by atoms with Gasteiger partial charge in [-0.3, -0.25) is 9.59 Å². The molecule has 2 aliphatic rings. The Morgan fingerprint density at radius 3 is 2.41 bits per heavy atom. The van der Waals surface area contributed by atoms with E-state index in [0.717, 1.165) is 16.8 Å². The Labute approximate surface area is 237 Å². The largest absolute Gasteiger partial charge is 0.490 e. The van der Waals surface area contributed by atoms with E-state index in [1.807, 2.05) is 42.8 Å².